The minimum atomic E-state index is -0.181. The summed E-state index contributed by atoms with van der Waals surface area (Å²) in [5, 5.41) is 0. The zero-order chi connectivity index (χ0) is 12.0. The van der Waals surface area contributed by atoms with Crippen LogP contribution in [0.2, 0.25) is 0 Å². The second-order valence-electron chi connectivity index (χ2n) is 4.17. The number of hydrogen-bond donors (Lipinski definition) is 1. The second-order valence-corrected chi connectivity index (χ2v) is 4.17. The van der Waals surface area contributed by atoms with Crippen LogP contribution < -0.4 is 5.69 Å². The van der Waals surface area contributed by atoms with E-state index in [9.17, 15) is 4.79 Å². The fraction of sp³-hybridized carbons (Fsp3) is 0.154. The van der Waals surface area contributed by atoms with Crippen LogP contribution in [-0.2, 0) is 0 Å². The number of imidazole rings is 1. The van der Waals surface area contributed by atoms with Crippen LogP contribution in [0, 0.1) is 13.8 Å². The van der Waals surface area contributed by atoms with E-state index in [4.69, 9.17) is 4.42 Å². The first-order valence-electron chi connectivity index (χ1n) is 5.43. The van der Waals surface area contributed by atoms with Crippen molar-refractivity contribution in [1.29, 1.82) is 0 Å². The molecule has 0 saturated heterocycles. The lowest BCUT2D eigenvalue weighted by Gasteiger charge is -1.98. The van der Waals surface area contributed by atoms with E-state index in [0.29, 0.717) is 5.88 Å². The highest BCUT2D eigenvalue weighted by Crippen LogP contribution is 2.18. The van der Waals surface area contributed by atoms with Crippen molar-refractivity contribution in [1.82, 2.24) is 9.55 Å². The standard InChI is InChI=1S/C13H12N2O2/c1-8-3-5-11-10(7-8)14-13(16)15(11)12-6-4-9(2)17-12/h3-7H,1-2H3,(H,14,16). The van der Waals surface area contributed by atoms with Gasteiger partial charge in [-0.3, -0.25) is 0 Å². The molecule has 4 heteroatoms. The molecule has 86 valence electrons. The van der Waals surface area contributed by atoms with Gasteiger partial charge < -0.3 is 9.40 Å². The summed E-state index contributed by atoms with van der Waals surface area (Å²) in [6, 6.07) is 9.48. The Kier molecular flexibility index (Phi) is 1.98. The Bertz CT molecular complexity index is 746. The van der Waals surface area contributed by atoms with Crippen LogP contribution in [0.15, 0.2) is 39.5 Å². The molecule has 1 aromatic carbocycles. The molecular formula is C13H12N2O2. The van der Waals surface area contributed by atoms with Gasteiger partial charge in [-0.15, -0.1) is 0 Å². The Morgan fingerprint density at radius 1 is 1.18 bits per heavy atom. The number of aryl methyl sites for hydroxylation is 2. The molecule has 17 heavy (non-hydrogen) atoms. The number of nitrogens with zero attached hydrogens (tertiary/aromatic N) is 1. The normalized spacial score (nSPS) is 11.2. The van der Waals surface area contributed by atoms with Gasteiger partial charge >= 0.3 is 5.69 Å². The van der Waals surface area contributed by atoms with Crippen molar-refractivity contribution >= 4 is 11.0 Å². The molecule has 0 bridgehead atoms. The van der Waals surface area contributed by atoms with E-state index in [0.717, 1.165) is 22.4 Å². The van der Waals surface area contributed by atoms with Crippen molar-refractivity contribution in [3.05, 3.63) is 52.1 Å². The number of benzene rings is 1. The zero-order valence-corrected chi connectivity index (χ0v) is 9.65. The van der Waals surface area contributed by atoms with Crippen LogP contribution in [0.1, 0.15) is 11.3 Å². The Balaban J connectivity index is 2.36. The van der Waals surface area contributed by atoms with Crippen molar-refractivity contribution in [3.63, 3.8) is 0 Å². The molecule has 2 aromatic heterocycles. The largest absolute Gasteiger partial charge is 0.445 e. The van der Waals surface area contributed by atoms with Crippen LogP contribution in [0.4, 0.5) is 0 Å². The Hall–Kier alpha value is -2.23. The number of fused-ring (bicyclic) bond motifs is 1. The van der Waals surface area contributed by atoms with Gasteiger partial charge in [0.25, 0.3) is 0 Å². The van der Waals surface area contributed by atoms with Crippen molar-refractivity contribution in [3.8, 4) is 5.88 Å². The first-order chi connectivity index (χ1) is 8.15. The second kappa shape index (κ2) is 3.38. The molecule has 0 atom stereocenters. The molecule has 3 rings (SSSR count). The maximum absolute atomic E-state index is 11.9. The van der Waals surface area contributed by atoms with Gasteiger partial charge in [-0.2, -0.15) is 0 Å². The lowest BCUT2D eigenvalue weighted by Crippen LogP contribution is -2.13. The van der Waals surface area contributed by atoms with Gasteiger partial charge in [-0.05, 0) is 37.6 Å². The molecule has 0 unspecified atom stereocenters. The van der Waals surface area contributed by atoms with Crippen molar-refractivity contribution in [2.75, 3.05) is 0 Å². The Morgan fingerprint density at radius 3 is 2.71 bits per heavy atom. The molecule has 3 aromatic rings. The van der Waals surface area contributed by atoms with Gasteiger partial charge in [0.2, 0.25) is 5.88 Å². The number of nitrogens with one attached hydrogen (secondary N) is 1. The smallest absolute Gasteiger partial charge is 0.333 e. The minimum absolute atomic E-state index is 0.181. The van der Waals surface area contributed by atoms with E-state index in [2.05, 4.69) is 4.98 Å². The maximum Gasteiger partial charge on any atom is 0.333 e. The van der Waals surface area contributed by atoms with Gasteiger partial charge in [0.15, 0.2) is 0 Å². The quantitative estimate of drug-likeness (QED) is 0.695. The third-order valence-electron chi connectivity index (χ3n) is 2.78. The van der Waals surface area contributed by atoms with Gasteiger partial charge in [-0.1, -0.05) is 6.07 Å². The highest BCUT2D eigenvalue weighted by Gasteiger charge is 2.11. The number of aromatic amines is 1. The van der Waals surface area contributed by atoms with Crippen molar-refractivity contribution in [2.24, 2.45) is 0 Å². The summed E-state index contributed by atoms with van der Waals surface area (Å²) in [7, 11) is 0. The van der Waals surface area contributed by atoms with E-state index in [1.165, 1.54) is 0 Å². The molecular weight excluding hydrogens is 216 g/mol. The van der Waals surface area contributed by atoms with Crippen LogP contribution in [0.3, 0.4) is 0 Å². The highest BCUT2D eigenvalue weighted by atomic mass is 16.4. The number of hydrogen-bond acceptors (Lipinski definition) is 2. The van der Waals surface area contributed by atoms with Gasteiger partial charge in [0.05, 0.1) is 11.0 Å². The third kappa shape index (κ3) is 1.49. The monoisotopic (exact) mass is 228 g/mol. The van der Waals surface area contributed by atoms with E-state index in [1.807, 2.05) is 38.1 Å². The van der Waals surface area contributed by atoms with E-state index < -0.39 is 0 Å². The fourth-order valence-corrected chi connectivity index (χ4v) is 1.99. The third-order valence-corrected chi connectivity index (χ3v) is 2.78. The van der Waals surface area contributed by atoms with Gasteiger partial charge in [0, 0.05) is 6.07 Å². The van der Waals surface area contributed by atoms with Crippen molar-refractivity contribution in [2.45, 2.75) is 13.8 Å². The molecule has 1 N–H and O–H groups in total. The first kappa shape index (κ1) is 9.96. The average Bonchev–Trinajstić information content (AvgIpc) is 2.80. The van der Waals surface area contributed by atoms with Crippen LogP contribution in [-0.4, -0.2) is 9.55 Å². The molecule has 0 aliphatic carbocycles. The number of rotatable bonds is 1. The topological polar surface area (TPSA) is 50.9 Å². The minimum Gasteiger partial charge on any atom is -0.445 e. The lowest BCUT2D eigenvalue weighted by molar-refractivity contribution is 0.510. The summed E-state index contributed by atoms with van der Waals surface area (Å²) in [5.74, 6) is 1.33. The predicted octanol–water partition coefficient (Wildman–Crippen LogP) is 2.53. The summed E-state index contributed by atoms with van der Waals surface area (Å²) in [6.45, 7) is 3.85. The van der Waals surface area contributed by atoms with Crippen LogP contribution in [0.25, 0.3) is 16.9 Å². The van der Waals surface area contributed by atoms with E-state index >= 15 is 0 Å². The average molecular weight is 228 g/mol. The Morgan fingerprint density at radius 2 is 2.00 bits per heavy atom. The summed E-state index contributed by atoms with van der Waals surface area (Å²) in [5.41, 5.74) is 2.58. The van der Waals surface area contributed by atoms with Crippen molar-refractivity contribution < 1.29 is 4.42 Å². The molecule has 0 saturated carbocycles. The van der Waals surface area contributed by atoms with E-state index in [-0.39, 0.29) is 5.69 Å². The number of aromatic nitrogens is 2. The molecule has 0 aliphatic rings. The van der Waals surface area contributed by atoms with Crippen LogP contribution in [0.5, 0.6) is 0 Å². The molecule has 0 aliphatic heterocycles. The molecule has 0 fully saturated rings. The highest BCUT2D eigenvalue weighted by molar-refractivity contribution is 5.77. The van der Waals surface area contributed by atoms with Gasteiger partial charge in [-0.25, -0.2) is 9.36 Å². The number of furan rings is 1. The predicted molar refractivity (Wildman–Crippen MR) is 65.6 cm³/mol. The number of H-pyrrole nitrogens is 1. The van der Waals surface area contributed by atoms with E-state index in [1.54, 1.807) is 10.6 Å². The molecule has 4 nitrogen and oxygen atoms in total. The maximum atomic E-state index is 11.9. The lowest BCUT2D eigenvalue weighted by atomic mass is 10.2. The molecule has 2 heterocycles. The van der Waals surface area contributed by atoms with Crippen LogP contribution >= 0.6 is 0 Å². The Labute approximate surface area is 97.5 Å². The summed E-state index contributed by atoms with van der Waals surface area (Å²) in [6.07, 6.45) is 0. The molecule has 0 radical (unpaired) electrons. The zero-order valence-electron chi connectivity index (χ0n) is 9.65. The summed E-state index contributed by atoms with van der Waals surface area (Å²) >= 11 is 0. The molecule has 0 amide bonds. The SMILES string of the molecule is Cc1ccc2c(c1)[nH]c(=O)n2-c1ccc(C)o1. The first-order valence-corrected chi connectivity index (χ1v) is 5.43. The summed E-state index contributed by atoms with van der Waals surface area (Å²) in [4.78, 5) is 14.7. The molecule has 0 spiro atoms. The summed E-state index contributed by atoms with van der Waals surface area (Å²) < 4.78 is 7.03. The fourth-order valence-electron chi connectivity index (χ4n) is 1.99. The van der Waals surface area contributed by atoms with Gasteiger partial charge in [0.1, 0.15) is 5.76 Å².